The van der Waals surface area contributed by atoms with E-state index in [2.05, 4.69) is 61.8 Å². The zero-order chi connectivity index (χ0) is 60.7. The molecule has 6 N–H and O–H groups in total. The lowest BCUT2D eigenvalue weighted by molar-refractivity contribution is -0.183. The Hall–Kier alpha value is -8.63. The maximum atomic E-state index is 16.3. The van der Waals surface area contributed by atoms with Gasteiger partial charge in [-0.1, -0.05) is 76.3 Å². The molecule has 3 aromatic heterocycles. The Bertz CT molecular complexity index is 3270. The zero-order valence-corrected chi connectivity index (χ0v) is 50.0. The minimum atomic E-state index is -1.16. The van der Waals surface area contributed by atoms with Gasteiger partial charge < -0.3 is 51.2 Å². The fourth-order valence-electron chi connectivity index (χ4n) is 9.79. The molecule has 0 radical (unpaired) electrons. The van der Waals surface area contributed by atoms with Crippen molar-refractivity contribution in [3.8, 4) is 18.2 Å². The number of nitriles is 3. The van der Waals surface area contributed by atoms with Gasteiger partial charge in [0.15, 0.2) is 0 Å². The molecule has 8 rings (SSSR count). The van der Waals surface area contributed by atoms with Gasteiger partial charge in [-0.15, -0.1) is 0 Å². The molecule has 2 saturated heterocycles. The minimum absolute atomic E-state index is 0.0277. The maximum absolute atomic E-state index is 16.3. The Labute approximate surface area is 508 Å². The third-order valence-corrected chi connectivity index (χ3v) is 14.2. The van der Waals surface area contributed by atoms with Crippen molar-refractivity contribution in [2.75, 3.05) is 71.4 Å². The average Bonchev–Trinajstić information content (AvgIpc) is 1.88. The Morgan fingerprint density at radius 1 is 0.506 bits per heavy atom. The van der Waals surface area contributed by atoms with E-state index < -0.39 is 48.2 Å². The number of hydrogen-bond donors (Lipinski definition) is 6. The number of anilines is 9. The van der Waals surface area contributed by atoms with Crippen molar-refractivity contribution in [2.24, 2.45) is 17.8 Å². The van der Waals surface area contributed by atoms with Gasteiger partial charge in [-0.25, -0.2) is 29.9 Å². The highest BCUT2D eigenvalue weighted by molar-refractivity contribution is 6.31. The van der Waals surface area contributed by atoms with Gasteiger partial charge in [-0.05, 0) is 110 Å². The first-order chi connectivity index (χ1) is 40.8. The topological polar surface area (TPSA) is 300 Å². The van der Waals surface area contributed by atoms with Crippen molar-refractivity contribution < 1.29 is 23.9 Å². The number of ether oxygens (including phenoxy) is 2. The van der Waals surface area contributed by atoms with Crippen molar-refractivity contribution in [2.45, 2.75) is 91.3 Å². The van der Waals surface area contributed by atoms with E-state index in [1.807, 2.05) is 59.8 Å². The molecule has 2 aliphatic rings. The number of benzene rings is 3. The highest BCUT2D eigenvalue weighted by Gasteiger charge is 2.47. The second-order valence-corrected chi connectivity index (χ2v) is 22.8. The minimum Gasteiger partial charge on any atom is -0.376 e. The van der Waals surface area contributed by atoms with Crippen molar-refractivity contribution in [3.63, 3.8) is 0 Å². The molecule has 0 aliphatic carbocycles. The van der Waals surface area contributed by atoms with Gasteiger partial charge >= 0.3 is 0 Å². The van der Waals surface area contributed by atoms with Gasteiger partial charge in [-0.3, -0.25) is 19.3 Å². The van der Waals surface area contributed by atoms with Crippen LogP contribution < -0.4 is 31.9 Å². The largest absolute Gasteiger partial charge is 0.376 e. The summed E-state index contributed by atoms with van der Waals surface area (Å²) in [7, 11) is 0. The van der Waals surface area contributed by atoms with Crippen molar-refractivity contribution >= 4 is 104 Å². The number of nitrogens with one attached hydrogen (secondary N) is 6. The molecule has 0 bridgehead atoms. The molecule has 442 valence electrons. The normalized spacial score (nSPS) is 16.1. The van der Waals surface area contributed by atoms with Crippen LogP contribution in [0.1, 0.15) is 78.3 Å². The Kier molecular flexibility index (Phi) is 21.5. The van der Waals surface area contributed by atoms with E-state index in [1.54, 1.807) is 101 Å². The van der Waals surface area contributed by atoms with Crippen LogP contribution in [0.2, 0.25) is 15.1 Å². The Morgan fingerprint density at radius 3 is 1.11 bits per heavy atom. The van der Waals surface area contributed by atoms with Gasteiger partial charge in [-0.2, -0.15) is 15.8 Å². The second kappa shape index (κ2) is 29.3. The summed E-state index contributed by atoms with van der Waals surface area (Å²) in [5, 5.41) is 51.4. The highest BCUT2D eigenvalue weighted by Crippen LogP contribution is 2.30. The second-order valence-electron chi connectivity index (χ2n) is 21.5. The van der Waals surface area contributed by atoms with Gasteiger partial charge in [0.1, 0.15) is 83.6 Å². The molecule has 2 aliphatic heterocycles. The van der Waals surface area contributed by atoms with Crippen LogP contribution in [0.4, 0.5) is 52.0 Å². The number of halogens is 3. The summed E-state index contributed by atoms with van der Waals surface area (Å²) in [5.74, 6) is -0.783. The fraction of sp³-hybridized carbons (Fsp3) is 0.390. The van der Waals surface area contributed by atoms with Crippen molar-refractivity contribution in [1.82, 2.24) is 44.6 Å². The van der Waals surface area contributed by atoms with E-state index in [4.69, 9.17) is 44.3 Å². The van der Waals surface area contributed by atoms with Crippen LogP contribution in [0.5, 0.6) is 0 Å². The number of nitrogens with zero attached hydrogens (tertiary/aromatic N) is 12. The summed E-state index contributed by atoms with van der Waals surface area (Å²) < 4.78 is 12.5. The third-order valence-electron chi connectivity index (χ3n) is 13.5. The summed E-state index contributed by atoms with van der Waals surface area (Å²) in [6.07, 6.45) is -1.54. The lowest BCUT2D eigenvalue weighted by Crippen LogP contribution is -2.70. The van der Waals surface area contributed by atoms with Crippen molar-refractivity contribution in [1.29, 1.82) is 15.8 Å². The Morgan fingerprint density at radius 2 is 0.800 bits per heavy atom. The summed E-state index contributed by atoms with van der Waals surface area (Å²) in [5.41, 5.74) is 1.91. The molecule has 2 fully saturated rings. The van der Waals surface area contributed by atoms with Crippen LogP contribution >= 0.6 is 34.8 Å². The van der Waals surface area contributed by atoms with Crippen molar-refractivity contribution in [3.05, 3.63) is 124 Å². The SMILES string of the molecule is CC(C)C[C@H](Nc1cc(Nc2ccc(Cl)cc2)nc(C#N)n1)C(=O)N1CCOCC1N(C(=O)[C@H](CC(C)C)Nc1cc(Nc2ccc(Cl)cc2)nc(C#N)n1)C1COCCN1C(=O)[C@H](CC(C)C)Nc1cc(Nc2ccc(Cl)cc2)nc(C#N)n1. The van der Waals surface area contributed by atoms with E-state index in [0.29, 0.717) is 32.1 Å². The third kappa shape index (κ3) is 17.2. The monoisotopic (exact) mass is 1210 g/mol. The smallest absolute Gasteiger partial charge is 0.248 e. The number of rotatable bonds is 23. The number of carbonyl (C=O) groups excluding carboxylic acids is 3. The lowest BCUT2D eigenvalue weighted by Gasteiger charge is -2.51. The number of aromatic nitrogens is 6. The fourth-order valence-corrected chi connectivity index (χ4v) is 10.2. The number of carbonyl (C=O) groups is 3. The molecule has 0 spiro atoms. The van der Waals surface area contributed by atoms with Gasteiger partial charge in [0.05, 0.1) is 26.4 Å². The summed E-state index contributed by atoms with van der Waals surface area (Å²) in [4.78, 5) is 78.8. The van der Waals surface area contributed by atoms with E-state index >= 15 is 14.4 Å². The lowest BCUT2D eigenvalue weighted by atomic mass is 9.99. The molecule has 0 saturated carbocycles. The van der Waals surface area contributed by atoms with Crippen LogP contribution in [0.3, 0.4) is 0 Å². The highest BCUT2D eigenvalue weighted by atomic mass is 35.5. The van der Waals surface area contributed by atoms with E-state index in [1.165, 1.54) is 4.90 Å². The van der Waals surface area contributed by atoms with E-state index in [-0.39, 0.29) is 129 Å². The van der Waals surface area contributed by atoms with Gasteiger partial charge in [0.2, 0.25) is 35.2 Å². The molecule has 3 amide bonds. The first-order valence-electron chi connectivity index (χ1n) is 27.7. The first kappa shape index (κ1) is 62.4. The molecule has 2 unspecified atom stereocenters. The molecule has 5 atom stereocenters. The molecule has 5 heterocycles. The zero-order valence-electron chi connectivity index (χ0n) is 47.7. The summed E-state index contributed by atoms with van der Waals surface area (Å²) in [6, 6.07) is 28.5. The predicted molar refractivity (Wildman–Crippen MR) is 325 cm³/mol. The summed E-state index contributed by atoms with van der Waals surface area (Å²) >= 11 is 18.5. The molecular formula is C59H65Cl3N18O5. The quantitative estimate of drug-likeness (QED) is 0.0347. The Balaban J connectivity index is 1.19. The van der Waals surface area contributed by atoms with Crippen LogP contribution in [0.15, 0.2) is 91.0 Å². The molecule has 23 nitrogen and oxygen atoms in total. The maximum Gasteiger partial charge on any atom is 0.248 e. The molecule has 85 heavy (non-hydrogen) atoms. The predicted octanol–water partition coefficient (Wildman–Crippen LogP) is 9.94. The molecular weight excluding hydrogens is 1150 g/mol. The molecule has 26 heteroatoms. The summed E-state index contributed by atoms with van der Waals surface area (Å²) in [6.45, 7) is 11.7. The number of hydrogen-bond acceptors (Lipinski definition) is 20. The van der Waals surface area contributed by atoms with E-state index in [0.717, 1.165) is 0 Å². The molecule has 6 aromatic rings. The standard InChI is InChI=1S/C59H65Cl3N18O5/c1-34(2)23-43(69-49-26-46(72-52(29-63)75-49)66-40-13-7-37(60)8-14-40)57(81)78-19-21-84-32-55(78)80(59(83)45(25-36(5)6)71-51-28-48(74-54(31-65)77-51)68-42-17-11-39(62)12-18-42)56-33-85-22-20-79(56)58(82)44(24-35(3)4)70-50-27-47(73-53(30-64)76-50)67-41-15-9-38(61)10-16-41/h7-18,26-28,34-36,43-45,55-56H,19-25,32-33H2,1-6H3,(H2,66,69,72,75)(H2,67,70,73,76)(H2,68,71,74,77)/t43-,44-,45-,55?,56?/m0/s1. The average molecular weight is 1210 g/mol. The van der Waals surface area contributed by atoms with Crippen LogP contribution in [0.25, 0.3) is 0 Å². The van der Waals surface area contributed by atoms with Crippen LogP contribution in [-0.2, 0) is 23.9 Å². The van der Waals surface area contributed by atoms with Gasteiger partial charge in [0, 0.05) is 63.4 Å². The van der Waals surface area contributed by atoms with E-state index in [9.17, 15) is 15.8 Å². The number of morpholine rings is 2. The molecule has 3 aromatic carbocycles. The van der Waals surface area contributed by atoms with Crippen LogP contribution in [-0.4, -0.2) is 132 Å². The van der Waals surface area contributed by atoms with Gasteiger partial charge in [0.25, 0.3) is 0 Å². The first-order valence-corrected chi connectivity index (χ1v) is 28.8. The van der Waals surface area contributed by atoms with Crippen LogP contribution in [0, 0.1) is 51.7 Å². The number of amides is 3.